The fourth-order valence-corrected chi connectivity index (χ4v) is 2.92. The number of benzene rings is 2. The molecule has 2 aromatic carbocycles. The van der Waals surface area contributed by atoms with Gasteiger partial charge in [0.05, 0.1) is 13.5 Å². The van der Waals surface area contributed by atoms with Gasteiger partial charge in [-0.25, -0.2) is 0 Å². The second-order valence-electron chi connectivity index (χ2n) is 5.09. The molecule has 0 N–H and O–H groups in total. The summed E-state index contributed by atoms with van der Waals surface area (Å²) in [4.78, 5) is 11.8. The minimum absolute atomic E-state index is 0.0362. The van der Waals surface area contributed by atoms with E-state index in [1.54, 1.807) is 19.2 Å². The maximum Gasteiger partial charge on any atom is 0.312 e. The highest BCUT2D eigenvalue weighted by atomic mass is 35.5. The van der Waals surface area contributed by atoms with Crippen molar-refractivity contribution in [2.75, 3.05) is 7.11 Å². The molecule has 1 heterocycles. The molecule has 0 fully saturated rings. The molecular formula is C17H15ClO3. The standard InChI is InChI=1S/C17H15ClO3/c1-10-14(18)7-8-15-17(10)13(9-16(19)21-15)11-3-5-12(20-2)6-4-11/h3-8,13H,9H2,1-2H3. The fraction of sp³-hybridized carbons (Fsp3) is 0.235. The zero-order valence-electron chi connectivity index (χ0n) is 11.9. The van der Waals surface area contributed by atoms with Crippen molar-refractivity contribution in [2.24, 2.45) is 0 Å². The van der Waals surface area contributed by atoms with Crippen LogP contribution >= 0.6 is 11.6 Å². The van der Waals surface area contributed by atoms with Crippen LogP contribution in [0.5, 0.6) is 11.5 Å². The number of fused-ring (bicyclic) bond motifs is 1. The van der Waals surface area contributed by atoms with E-state index in [-0.39, 0.29) is 11.9 Å². The average molecular weight is 303 g/mol. The molecule has 1 aliphatic heterocycles. The van der Waals surface area contributed by atoms with E-state index in [2.05, 4.69) is 0 Å². The first-order chi connectivity index (χ1) is 10.1. The van der Waals surface area contributed by atoms with Crippen LogP contribution in [0.1, 0.15) is 29.0 Å². The number of esters is 1. The number of ether oxygens (including phenoxy) is 2. The maximum atomic E-state index is 11.8. The fourth-order valence-electron chi connectivity index (χ4n) is 2.75. The Balaban J connectivity index is 2.11. The topological polar surface area (TPSA) is 35.5 Å². The lowest BCUT2D eigenvalue weighted by molar-refractivity contribution is -0.135. The van der Waals surface area contributed by atoms with Crippen molar-refractivity contribution in [3.8, 4) is 11.5 Å². The Morgan fingerprint density at radius 1 is 1.19 bits per heavy atom. The Bertz CT molecular complexity index is 692. The van der Waals surface area contributed by atoms with Crippen LogP contribution in [0.15, 0.2) is 36.4 Å². The van der Waals surface area contributed by atoms with Crippen molar-refractivity contribution in [3.05, 3.63) is 58.1 Å². The van der Waals surface area contributed by atoms with Gasteiger partial charge in [-0.05, 0) is 42.3 Å². The molecule has 2 aromatic rings. The van der Waals surface area contributed by atoms with Crippen molar-refractivity contribution in [2.45, 2.75) is 19.3 Å². The lowest BCUT2D eigenvalue weighted by atomic mass is 9.84. The van der Waals surface area contributed by atoms with Crippen LogP contribution in [0.3, 0.4) is 0 Å². The molecule has 0 radical (unpaired) electrons. The number of halogens is 1. The molecule has 3 rings (SSSR count). The molecule has 1 aliphatic rings. The molecular weight excluding hydrogens is 288 g/mol. The summed E-state index contributed by atoms with van der Waals surface area (Å²) in [6.07, 6.45) is 0.320. The van der Waals surface area contributed by atoms with Gasteiger partial charge in [0.25, 0.3) is 0 Å². The summed E-state index contributed by atoms with van der Waals surface area (Å²) >= 11 is 6.22. The maximum absolute atomic E-state index is 11.8. The summed E-state index contributed by atoms with van der Waals surface area (Å²) < 4.78 is 10.5. The Morgan fingerprint density at radius 3 is 2.57 bits per heavy atom. The van der Waals surface area contributed by atoms with Gasteiger partial charge in [-0.15, -0.1) is 0 Å². The van der Waals surface area contributed by atoms with Crippen LogP contribution in [-0.2, 0) is 4.79 Å². The molecule has 21 heavy (non-hydrogen) atoms. The van der Waals surface area contributed by atoms with Crippen LogP contribution in [0.25, 0.3) is 0 Å². The van der Waals surface area contributed by atoms with Gasteiger partial charge in [-0.3, -0.25) is 4.79 Å². The highest BCUT2D eigenvalue weighted by molar-refractivity contribution is 6.31. The van der Waals surface area contributed by atoms with E-state index in [9.17, 15) is 4.79 Å². The molecule has 1 unspecified atom stereocenters. The Kier molecular flexibility index (Phi) is 3.60. The lowest BCUT2D eigenvalue weighted by Gasteiger charge is -2.27. The van der Waals surface area contributed by atoms with Crippen LogP contribution in [-0.4, -0.2) is 13.1 Å². The molecule has 0 bridgehead atoms. The number of carbonyl (C=O) groups is 1. The van der Waals surface area contributed by atoms with Crippen LogP contribution in [0.4, 0.5) is 0 Å². The van der Waals surface area contributed by atoms with Crippen molar-refractivity contribution in [1.82, 2.24) is 0 Å². The molecule has 3 nitrogen and oxygen atoms in total. The van der Waals surface area contributed by atoms with Gasteiger partial charge in [0.1, 0.15) is 11.5 Å². The van der Waals surface area contributed by atoms with Gasteiger partial charge in [0, 0.05) is 16.5 Å². The highest BCUT2D eigenvalue weighted by Crippen LogP contribution is 2.42. The molecule has 0 amide bonds. The van der Waals surface area contributed by atoms with E-state index in [4.69, 9.17) is 21.1 Å². The monoisotopic (exact) mass is 302 g/mol. The summed E-state index contributed by atoms with van der Waals surface area (Å²) in [6.45, 7) is 1.96. The normalized spacial score (nSPS) is 17.1. The first-order valence-corrected chi connectivity index (χ1v) is 7.11. The van der Waals surface area contributed by atoms with Gasteiger partial charge in [0.15, 0.2) is 0 Å². The summed E-state index contributed by atoms with van der Waals surface area (Å²) in [7, 11) is 1.63. The van der Waals surface area contributed by atoms with E-state index < -0.39 is 0 Å². The number of carbonyl (C=O) groups excluding carboxylic acids is 1. The summed E-state index contributed by atoms with van der Waals surface area (Å²) in [5.74, 6) is 1.14. The van der Waals surface area contributed by atoms with Gasteiger partial charge in [-0.2, -0.15) is 0 Å². The molecule has 4 heteroatoms. The van der Waals surface area contributed by atoms with Crippen molar-refractivity contribution in [1.29, 1.82) is 0 Å². The Morgan fingerprint density at radius 2 is 1.90 bits per heavy atom. The zero-order valence-corrected chi connectivity index (χ0v) is 12.6. The van der Waals surface area contributed by atoms with E-state index >= 15 is 0 Å². The van der Waals surface area contributed by atoms with Crippen LogP contribution < -0.4 is 9.47 Å². The molecule has 0 spiro atoms. The van der Waals surface area contributed by atoms with Crippen LogP contribution in [0.2, 0.25) is 5.02 Å². The van der Waals surface area contributed by atoms with Gasteiger partial charge >= 0.3 is 5.97 Å². The van der Waals surface area contributed by atoms with E-state index in [0.29, 0.717) is 17.2 Å². The molecule has 0 saturated heterocycles. The van der Waals surface area contributed by atoms with Gasteiger partial charge in [0.2, 0.25) is 0 Å². The predicted molar refractivity (Wildman–Crippen MR) is 81.3 cm³/mol. The number of hydrogen-bond acceptors (Lipinski definition) is 3. The quantitative estimate of drug-likeness (QED) is 0.619. The van der Waals surface area contributed by atoms with E-state index in [1.807, 2.05) is 31.2 Å². The highest BCUT2D eigenvalue weighted by Gasteiger charge is 2.30. The summed E-state index contributed by atoms with van der Waals surface area (Å²) in [5.41, 5.74) is 3.01. The second kappa shape index (κ2) is 5.41. The third-order valence-electron chi connectivity index (χ3n) is 3.87. The Labute approximate surface area is 128 Å². The third kappa shape index (κ3) is 2.49. The summed E-state index contributed by atoms with van der Waals surface area (Å²) in [5, 5.41) is 0.685. The number of methoxy groups -OCH3 is 1. The molecule has 0 aliphatic carbocycles. The SMILES string of the molecule is COc1ccc(C2CC(=O)Oc3ccc(Cl)c(C)c32)cc1. The van der Waals surface area contributed by atoms with Gasteiger partial charge < -0.3 is 9.47 Å². The second-order valence-corrected chi connectivity index (χ2v) is 5.50. The van der Waals surface area contributed by atoms with Crippen LogP contribution in [0, 0.1) is 6.92 Å². The lowest BCUT2D eigenvalue weighted by Crippen LogP contribution is -2.22. The number of hydrogen-bond donors (Lipinski definition) is 0. The minimum atomic E-state index is -0.218. The number of rotatable bonds is 2. The van der Waals surface area contributed by atoms with Crippen molar-refractivity contribution < 1.29 is 14.3 Å². The van der Waals surface area contributed by atoms with Gasteiger partial charge in [-0.1, -0.05) is 23.7 Å². The molecule has 108 valence electrons. The first-order valence-electron chi connectivity index (χ1n) is 6.73. The van der Waals surface area contributed by atoms with E-state index in [0.717, 1.165) is 22.4 Å². The van der Waals surface area contributed by atoms with Crippen molar-refractivity contribution in [3.63, 3.8) is 0 Å². The zero-order chi connectivity index (χ0) is 15.0. The largest absolute Gasteiger partial charge is 0.497 e. The average Bonchev–Trinajstić information content (AvgIpc) is 2.50. The van der Waals surface area contributed by atoms with E-state index in [1.165, 1.54) is 0 Å². The predicted octanol–water partition coefficient (Wildman–Crippen LogP) is 4.10. The smallest absolute Gasteiger partial charge is 0.312 e. The summed E-state index contributed by atoms with van der Waals surface area (Å²) in [6, 6.07) is 11.3. The first kappa shape index (κ1) is 14.0. The molecule has 0 aromatic heterocycles. The molecule has 1 atom stereocenters. The third-order valence-corrected chi connectivity index (χ3v) is 4.28. The van der Waals surface area contributed by atoms with Crippen molar-refractivity contribution >= 4 is 17.6 Å². The Hall–Kier alpha value is -2.00. The molecule has 0 saturated carbocycles. The minimum Gasteiger partial charge on any atom is -0.497 e.